The molecule has 2 heterocycles. The number of H-pyrrole nitrogens is 1. The van der Waals surface area contributed by atoms with Crippen LogP contribution in [0.3, 0.4) is 0 Å². The van der Waals surface area contributed by atoms with Crippen LogP contribution in [-0.4, -0.2) is 55.0 Å². The summed E-state index contributed by atoms with van der Waals surface area (Å²) in [6.45, 7) is 0.561. The van der Waals surface area contributed by atoms with Crippen molar-refractivity contribution < 1.29 is 22.7 Å². The van der Waals surface area contributed by atoms with Crippen molar-refractivity contribution in [3.05, 3.63) is 54.2 Å². The van der Waals surface area contributed by atoms with Crippen molar-refractivity contribution in [1.82, 2.24) is 14.5 Å². The van der Waals surface area contributed by atoms with Crippen LogP contribution in [0.15, 0.2) is 53.4 Å². The van der Waals surface area contributed by atoms with Gasteiger partial charge in [-0.2, -0.15) is 9.40 Å². The van der Waals surface area contributed by atoms with Crippen LogP contribution in [0.1, 0.15) is 23.3 Å². The van der Waals surface area contributed by atoms with Crippen LogP contribution in [-0.2, 0) is 19.6 Å². The molecule has 1 amide bonds. The summed E-state index contributed by atoms with van der Waals surface area (Å²) >= 11 is 0. The minimum Gasteiger partial charge on any atom is -0.464 e. The first kappa shape index (κ1) is 21.0. The van der Waals surface area contributed by atoms with E-state index in [9.17, 15) is 18.0 Å². The molecule has 1 aromatic heterocycles. The van der Waals surface area contributed by atoms with Gasteiger partial charge in [0.2, 0.25) is 15.9 Å². The fourth-order valence-corrected chi connectivity index (χ4v) is 5.18. The third-order valence-electron chi connectivity index (χ3n) is 5.41. The summed E-state index contributed by atoms with van der Waals surface area (Å²) in [7, 11) is -2.28. The number of nitrogens with one attached hydrogen (secondary N) is 2. The molecule has 4 rings (SSSR count). The molecule has 0 bridgehead atoms. The van der Waals surface area contributed by atoms with Crippen LogP contribution < -0.4 is 5.32 Å². The van der Waals surface area contributed by atoms with Gasteiger partial charge >= 0.3 is 5.97 Å². The number of esters is 1. The molecule has 0 unspecified atom stereocenters. The number of hydrogen-bond acceptors (Lipinski definition) is 6. The summed E-state index contributed by atoms with van der Waals surface area (Å²) in [4.78, 5) is 24.8. The van der Waals surface area contributed by atoms with Gasteiger partial charge in [0.05, 0.1) is 17.5 Å². The van der Waals surface area contributed by atoms with Gasteiger partial charge in [0, 0.05) is 30.1 Å². The third-order valence-corrected chi connectivity index (χ3v) is 7.33. The smallest absolute Gasteiger partial charge is 0.359 e. The number of carbonyl (C=O) groups is 2. The minimum atomic E-state index is -3.56. The third kappa shape index (κ3) is 4.17. The number of amides is 1. The molecule has 162 valence electrons. The van der Waals surface area contributed by atoms with Crippen molar-refractivity contribution in [2.45, 2.75) is 17.7 Å². The monoisotopic (exact) mass is 442 g/mol. The van der Waals surface area contributed by atoms with E-state index in [2.05, 4.69) is 15.5 Å². The maximum absolute atomic E-state index is 12.7. The van der Waals surface area contributed by atoms with E-state index in [-0.39, 0.29) is 35.5 Å². The highest BCUT2D eigenvalue weighted by molar-refractivity contribution is 7.89. The van der Waals surface area contributed by atoms with Crippen LogP contribution >= 0.6 is 0 Å². The number of anilines is 1. The molecule has 1 fully saturated rings. The van der Waals surface area contributed by atoms with Gasteiger partial charge in [0.15, 0.2) is 5.69 Å². The summed E-state index contributed by atoms with van der Waals surface area (Å²) in [5.41, 5.74) is 1.33. The second-order valence-corrected chi connectivity index (χ2v) is 9.24. The van der Waals surface area contributed by atoms with E-state index >= 15 is 0 Å². The van der Waals surface area contributed by atoms with Crippen molar-refractivity contribution >= 4 is 38.5 Å². The number of ether oxygens (including phenoxy) is 1. The first-order chi connectivity index (χ1) is 14.9. The average Bonchev–Trinajstić information content (AvgIpc) is 3.22. The zero-order valence-corrected chi connectivity index (χ0v) is 17.7. The zero-order chi connectivity index (χ0) is 22.0. The Morgan fingerprint density at radius 1 is 1.13 bits per heavy atom. The molecule has 0 spiro atoms. The number of fused-ring (bicyclic) bond motifs is 1. The quantitative estimate of drug-likeness (QED) is 0.585. The fourth-order valence-electron chi connectivity index (χ4n) is 3.69. The predicted octanol–water partition coefficient (Wildman–Crippen LogP) is 2.39. The molecule has 2 N–H and O–H groups in total. The van der Waals surface area contributed by atoms with Crippen LogP contribution in [0.25, 0.3) is 10.9 Å². The van der Waals surface area contributed by atoms with Crippen molar-refractivity contribution in [3.63, 3.8) is 0 Å². The Bertz CT molecular complexity index is 1220. The lowest BCUT2D eigenvalue weighted by molar-refractivity contribution is -0.120. The van der Waals surface area contributed by atoms with Gasteiger partial charge in [0.25, 0.3) is 0 Å². The standard InChI is InChI=1S/C21H22N4O5S/c1-30-21(27)19-17-13-15(7-8-18(17)23-24-19)22-20(26)14-9-11-25(12-10-14)31(28,29)16-5-3-2-4-6-16/h2-8,13-14H,9-12H2,1H3,(H,22,26)(H,23,24). The molecule has 0 radical (unpaired) electrons. The fraction of sp³-hybridized carbons (Fsp3) is 0.286. The molecule has 0 atom stereocenters. The molecule has 2 aromatic carbocycles. The molecule has 3 aromatic rings. The lowest BCUT2D eigenvalue weighted by Crippen LogP contribution is -2.41. The summed E-state index contributed by atoms with van der Waals surface area (Å²) in [5.74, 6) is -1.05. The minimum absolute atomic E-state index is 0.146. The predicted molar refractivity (Wildman–Crippen MR) is 114 cm³/mol. The lowest BCUT2D eigenvalue weighted by Gasteiger charge is -2.30. The molecule has 0 saturated carbocycles. The van der Waals surface area contributed by atoms with E-state index in [1.807, 2.05) is 0 Å². The summed E-state index contributed by atoms with van der Waals surface area (Å²) in [6, 6.07) is 13.4. The number of methoxy groups -OCH3 is 1. The summed E-state index contributed by atoms with van der Waals surface area (Å²) in [5, 5.41) is 10.1. The van der Waals surface area contributed by atoms with Gasteiger partial charge in [-0.1, -0.05) is 18.2 Å². The van der Waals surface area contributed by atoms with E-state index in [0.717, 1.165) is 0 Å². The number of hydrogen-bond donors (Lipinski definition) is 2. The molecule has 1 saturated heterocycles. The van der Waals surface area contributed by atoms with E-state index in [1.165, 1.54) is 11.4 Å². The van der Waals surface area contributed by atoms with Crippen LogP contribution in [0.4, 0.5) is 5.69 Å². The molecule has 0 aliphatic carbocycles. The van der Waals surface area contributed by atoms with Gasteiger partial charge in [-0.25, -0.2) is 13.2 Å². The highest BCUT2D eigenvalue weighted by Gasteiger charge is 2.32. The summed E-state index contributed by atoms with van der Waals surface area (Å²) in [6.07, 6.45) is 0.860. The van der Waals surface area contributed by atoms with Gasteiger partial charge in [-0.15, -0.1) is 0 Å². The van der Waals surface area contributed by atoms with Gasteiger partial charge in [0.1, 0.15) is 0 Å². The Labute approximate surface area is 179 Å². The zero-order valence-electron chi connectivity index (χ0n) is 16.9. The second kappa shape index (κ2) is 8.48. The number of piperidine rings is 1. The Kier molecular flexibility index (Phi) is 5.75. The van der Waals surface area contributed by atoms with Crippen molar-refractivity contribution in [3.8, 4) is 0 Å². The molecule has 10 heteroatoms. The Morgan fingerprint density at radius 2 is 1.84 bits per heavy atom. The number of carbonyl (C=O) groups excluding carboxylic acids is 2. The number of aromatic amines is 1. The maximum Gasteiger partial charge on any atom is 0.359 e. The van der Waals surface area contributed by atoms with Crippen molar-refractivity contribution in [1.29, 1.82) is 0 Å². The molecule has 9 nitrogen and oxygen atoms in total. The van der Waals surface area contributed by atoms with Crippen molar-refractivity contribution in [2.24, 2.45) is 5.92 Å². The Balaban J connectivity index is 1.42. The van der Waals surface area contributed by atoms with Gasteiger partial charge in [-0.3, -0.25) is 9.89 Å². The SMILES string of the molecule is COC(=O)c1n[nH]c2ccc(NC(=O)C3CCN(S(=O)(=O)c4ccccc4)CC3)cc12. The lowest BCUT2D eigenvalue weighted by atomic mass is 9.97. The number of sulfonamides is 1. The van der Waals surface area contributed by atoms with Gasteiger partial charge < -0.3 is 10.1 Å². The van der Waals surface area contributed by atoms with E-state index < -0.39 is 16.0 Å². The molecular weight excluding hydrogens is 420 g/mol. The number of benzene rings is 2. The average molecular weight is 442 g/mol. The number of nitrogens with zero attached hydrogens (tertiary/aromatic N) is 2. The molecular formula is C21H22N4O5S. The normalized spacial score (nSPS) is 15.6. The van der Waals surface area contributed by atoms with Crippen molar-refractivity contribution in [2.75, 3.05) is 25.5 Å². The highest BCUT2D eigenvalue weighted by atomic mass is 32.2. The van der Waals surface area contributed by atoms with E-state index in [1.54, 1.807) is 48.5 Å². The van der Waals surface area contributed by atoms with E-state index in [4.69, 9.17) is 4.74 Å². The van der Waals surface area contributed by atoms with Gasteiger partial charge in [-0.05, 0) is 43.2 Å². The Hall–Kier alpha value is -3.24. The molecule has 31 heavy (non-hydrogen) atoms. The van der Waals surface area contributed by atoms with Crippen LogP contribution in [0.2, 0.25) is 0 Å². The highest BCUT2D eigenvalue weighted by Crippen LogP contribution is 2.26. The van der Waals surface area contributed by atoms with Crippen LogP contribution in [0.5, 0.6) is 0 Å². The Morgan fingerprint density at radius 3 is 2.52 bits per heavy atom. The van der Waals surface area contributed by atoms with Crippen LogP contribution in [0, 0.1) is 5.92 Å². The molecule has 1 aliphatic heterocycles. The van der Waals surface area contributed by atoms with E-state index in [0.29, 0.717) is 29.4 Å². The molecule has 1 aliphatic rings. The maximum atomic E-state index is 12.7. The number of aromatic nitrogens is 2. The summed E-state index contributed by atoms with van der Waals surface area (Å²) < 4.78 is 31.6. The first-order valence-corrected chi connectivity index (χ1v) is 11.3. The number of rotatable bonds is 5. The topological polar surface area (TPSA) is 121 Å². The largest absolute Gasteiger partial charge is 0.464 e. The second-order valence-electron chi connectivity index (χ2n) is 7.30. The first-order valence-electron chi connectivity index (χ1n) is 9.82.